The van der Waals surface area contributed by atoms with Crippen LogP contribution in [0.5, 0.6) is 0 Å². The van der Waals surface area contributed by atoms with Crippen molar-refractivity contribution in [1.82, 2.24) is 0 Å². The highest BCUT2D eigenvalue weighted by Gasteiger charge is 2.77. The Morgan fingerprint density at radius 1 is 0.892 bits per heavy atom. The van der Waals surface area contributed by atoms with E-state index in [2.05, 4.69) is 3.63 Å². The molecule has 0 aromatic rings. The Bertz CT molecular complexity index is 1290. The minimum atomic E-state index is -5.47. The molecule has 4 aliphatic carbocycles. The molecule has 12 nitrogen and oxygen atoms in total. The molecule has 9 atom stereocenters. The van der Waals surface area contributed by atoms with Crippen molar-refractivity contribution < 1.29 is 53.7 Å². The van der Waals surface area contributed by atoms with Gasteiger partial charge in [-0.3, -0.25) is 0 Å². The topological polar surface area (TPSA) is 183 Å². The second kappa shape index (κ2) is 7.53. The van der Waals surface area contributed by atoms with Gasteiger partial charge in [-0.05, 0) is 66.8 Å². The van der Waals surface area contributed by atoms with Gasteiger partial charge >= 0.3 is 26.8 Å². The lowest BCUT2D eigenvalue weighted by Crippen LogP contribution is -2.73. The minimum Gasteiger partial charge on any atom is -0.458 e. The summed E-state index contributed by atoms with van der Waals surface area (Å²) in [5.41, 5.74) is -3.35. The number of carbonyl (C=O) groups is 1. The van der Waals surface area contributed by atoms with Gasteiger partial charge in [-0.2, -0.15) is 16.8 Å². The first kappa shape index (κ1) is 26.1. The summed E-state index contributed by atoms with van der Waals surface area (Å²) in [6.45, 7) is 3.44. The standard InChI is InChI=1S/C23H32O12S2/c1-19-7-8-21(25)10-14(19)3-4-16-17(19)11-23(27,34-37(30,31)35-36(28,29)33-21)20(2)15(5-6-22(16,20)26)13-9-18(24)32-12-13/h9,14-17,25-27H,3-8,10-12H2,1-2H3/t14-,15-,16-,17+,19+,20+,21+,22+,23-/m1/s1. The van der Waals surface area contributed by atoms with Gasteiger partial charge in [0, 0.05) is 25.3 Å². The monoisotopic (exact) mass is 564 g/mol. The van der Waals surface area contributed by atoms with E-state index in [1.807, 2.05) is 6.92 Å². The Hall–Kier alpha value is -1.13. The fourth-order valence-electron chi connectivity index (χ4n) is 9.03. The molecule has 5 bridgehead atoms. The zero-order valence-electron chi connectivity index (χ0n) is 20.6. The van der Waals surface area contributed by atoms with Gasteiger partial charge in [0.25, 0.3) is 0 Å². The molecular weight excluding hydrogens is 532 g/mol. The van der Waals surface area contributed by atoms with Crippen molar-refractivity contribution in [2.75, 3.05) is 6.61 Å². The van der Waals surface area contributed by atoms with Crippen molar-refractivity contribution in [3.05, 3.63) is 11.6 Å². The number of carbonyl (C=O) groups excluding carboxylic acids is 1. The van der Waals surface area contributed by atoms with Crippen molar-refractivity contribution in [1.29, 1.82) is 0 Å². The number of hydrogen-bond acceptors (Lipinski definition) is 12. The fraction of sp³-hybridized carbons (Fsp3) is 0.870. The second-order valence-electron chi connectivity index (χ2n) is 12.2. The van der Waals surface area contributed by atoms with Crippen LogP contribution in [-0.4, -0.2) is 61.9 Å². The lowest BCUT2D eigenvalue weighted by atomic mass is 9.41. The molecule has 0 aromatic heterocycles. The molecule has 0 aromatic carbocycles. The van der Waals surface area contributed by atoms with Crippen LogP contribution in [0, 0.1) is 34.5 Å². The number of hydrogen-bond donors (Lipinski definition) is 3. The lowest BCUT2D eigenvalue weighted by Gasteiger charge is -2.67. The largest absolute Gasteiger partial charge is 0.458 e. The highest BCUT2D eigenvalue weighted by molar-refractivity contribution is 7.95. The molecule has 0 amide bonds. The molecule has 7 rings (SSSR count). The first-order chi connectivity index (χ1) is 17.0. The van der Waals surface area contributed by atoms with Gasteiger partial charge in [0.15, 0.2) is 11.6 Å². The van der Waals surface area contributed by atoms with Crippen molar-refractivity contribution >= 4 is 26.8 Å². The van der Waals surface area contributed by atoms with E-state index in [-0.39, 0.29) is 44.1 Å². The van der Waals surface area contributed by atoms with Crippen LogP contribution < -0.4 is 0 Å². The summed E-state index contributed by atoms with van der Waals surface area (Å²) in [5, 5.41) is 35.7. The third-order valence-corrected chi connectivity index (χ3v) is 13.2. The van der Waals surface area contributed by atoms with E-state index in [9.17, 15) is 36.9 Å². The van der Waals surface area contributed by atoms with Crippen LogP contribution >= 0.6 is 0 Å². The molecule has 0 spiro atoms. The first-order valence-corrected chi connectivity index (χ1v) is 15.3. The van der Waals surface area contributed by atoms with E-state index in [1.54, 1.807) is 0 Å². The summed E-state index contributed by atoms with van der Waals surface area (Å²) in [7, 11) is -10.8. The molecule has 0 radical (unpaired) electrons. The summed E-state index contributed by atoms with van der Waals surface area (Å²) in [6.07, 6.45) is 2.83. The number of aliphatic hydroxyl groups is 3. The average molecular weight is 565 g/mol. The second-order valence-corrected chi connectivity index (χ2v) is 14.7. The molecule has 4 saturated carbocycles. The van der Waals surface area contributed by atoms with Gasteiger partial charge in [0.05, 0.1) is 11.0 Å². The Morgan fingerprint density at radius 2 is 1.59 bits per heavy atom. The summed E-state index contributed by atoms with van der Waals surface area (Å²) in [5.74, 6) is -6.99. The van der Waals surface area contributed by atoms with E-state index >= 15 is 0 Å². The van der Waals surface area contributed by atoms with Crippen LogP contribution in [0.3, 0.4) is 0 Å². The Morgan fingerprint density at radius 3 is 2.27 bits per heavy atom. The van der Waals surface area contributed by atoms with E-state index in [1.165, 1.54) is 13.0 Å². The number of cyclic esters (lactones) is 1. The van der Waals surface area contributed by atoms with Crippen LogP contribution in [-0.2, 0) is 42.3 Å². The molecule has 3 N–H and O–H groups in total. The highest BCUT2D eigenvalue weighted by atomic mass is 32.3. The molecule has 6 fully saturated rings. The average Bonchev–Trinajstić information content (AvgIpc) is 3.29. The maximum Gasteiger partial charge on any atom is 0.419 e. The van der Waals surface area contributed by atoms with E-state index in [0.29, 0.717) is 31.3 Å². The maximum absolute atomic E-state index is 13.0. The summed E-state index contributed by atoms with van der Waals surface area (Å²) in [4.78, 5) is 11.9. The zero-order valence-corrected chi connectivity index (χ0v) is 22.2. The summed E-state index contributed by atoms with van der Waals surface area (Å²) in [6, 6.07) is 0. The molecule has 208 valence electrons. The van der Waals surface area contributed by atoms with Crippen LogP contribution in [0.4, 0.5) is 0 Å². The molecule has 7 aliphatic rings. The Kier molecular flexibility index (Phi) is 5.32. The van der Waals surface area contributed by atoms with Gasteiger partial charge in [0.1, 0.15) is 6.61 Å². The molecule has 2 saturated heterocycles. The number of rotatable bonds is 1. The van der Waals surface area contributed by atoms with Crippen molar-refractivity contribution in [2.24, 2.45) is 34.5 Å². The highest BCUT2D eigenvalue weighted by Crippen LogP contribution is 2.73. The lowest BCUT2D eigenvalue weighted by molar-refractivity contribution is -0.346. The van der Waals surface area contributed by atoms with Crippen molar-refractivity contribution in [3.8, 4) is 0 Å². The SMILES string of the molecule is C[C@]12CC[C@@]3(O)C[C@H]1CC[C@@H]1[C@@H]2C[C@@](O)(OS(=O)(=O)OS(=O)(=O)O3)[C@@]2(C)[C@@H](C3=CC(=O)OC3)CC[C@]12O. The van der Waals surface area contributed by atoms with Crippen LogP contribution in [0.2, 0.25) is 0 Å². The summed E-state index contributed by atoms with van der Waals surface area (Å²) < 4.78 is 70.5. The Labute approximate surface area is 215 Å². The Balaban J connectivity index is 1.56. The van der Waals surface area contributed by atoms with E-state index in [0.717, 1.165) is 0 Å². The molecule has 37 heavy (non-hydrogen) atoms. The maximum atomic E-state index is 13.0. The number of esters is 1. The van der Waals surface area contributed by atoms with Gasteiger partial charge in [-0.25, -0.2) is 13.2 Å². The smallest absolute Gasteiger partial charge is 0.419 e. The van der Waals surface area contributed by atoms with Gasteiger partial charge in [-0.15, -0.1) is 3.63 Å². The first-order valence-electron chi connectivity index (χ1n) is 12.6. The van der Waals surface area contributed by atoms with Crippen molar-refractivity contribution in [2.45, 2.75) is 82.4 Å². The van der Waals surface area contributed by atoms with Crippen LogP contribution in [0.25, 0.3) is 0 Å². The fourth-order valence-corrected chi connectivity index (χ4v) is 11.2. The van der Waals surface area contributed by atoms with Crippen LogP contribution in [0.1, 0.15) is 65.2 Å². The van der Waals surface area contributed by atoms with Gasteiger partial charge < -0.3 is 20.1 Å². The minimum absolute atomic E-state index is 0.0663. The zero-order chi connectivity index (χ0) is 26.9. The number of ether oxygens (including phenoxy) is 1. The normalized spacial score (nSPS) is 54.1. The molecule has 3 heterocycles. The van der Waals surface area contributed by atoms with Crippen LogP contribution in [0.15, 0.2) is 11.6 Å². The van der Waals surface area contributed by atoms with E-state index in [4.69, 9.17) is 13.1 Å². The summed E-state index contributed by atoms with van der Waals surface area (Å²) >= 11 is 0. The third-order valence-electron chi connectivity index (χ3n) is 10.8. The van der Waals surface area contributed by atoms with Crippen molar-refractivity contribution in [3.63, 3.8) is 0 Å². The predicted octanol–water partition coefficient (Wildman–Crippen LogP) is 0.783. The number of fused-ring (bicyclic) bond motifs is 7. The quantitative estimate of drug-likeness (QED) is 0.381. The third kappa shape index (κ3) is 3.49. The van der Waals surface area contributed by atoms with Gasteiger partial charge in [0.2, 0.25) is 0 Å². The molecular formula is C23H32O12S2. The predicted molar refractivity (Wildman–Crippen MR) is 122 cm³/mol. The molecule has 0 unspecified atom stereocenters. The van der Waals surface area contributed by atoms with E-state index < -0.39 is 66.6 Å². The molecule has 14 heteroatoms. The van der Waals surface area contributed by atoms with Gasteiger partial charge in [-0.1, -0.05) is 13.8 Å². The molecule has 3 aliphatic heterocycles.